The van der Waals surface area contributed by atoms with Gasteiger partial charge < -0.3 is 5.11 Å². The van der Waals surface area contributed by atoms with Crippen LogP contribution in [-0.2, 0) is 6.61 Å². The van der Waals surface area contributed by atoms with Crippen LogP contribution in [0.5, 0.6) is 0 Å². The first kappa shape index (κ1) is 12.5. The third-order valence-corrected chi connectivity index (χ3v) is 3.02. The maximum absolute atomic E-state index is 13.9. The molecule has 1 N–H and O–H groups in total. The van der Waals surface area contributed by atoms with Gasteiger partial charge in [0.05, 0.1) is 6.61 Å². The highest BCUT2D eigenvalue weighted by Crippen LogP contribution is 2.26. The van der Waals surface area contributed by atoms with Crippen LogP contribution in [-0.4, -0.2) is 20.1 Å². The third-order valence-electron chi connectivity index (χ3n) is 3.02. The quantitative estimate of drug-likeness (QED) is 0.795. The van der Waals surface area contributed by atoms with Gasteiger partial charge in [-0.05, 0) is 12.1 Å². The van der Waals surface area contributed by atoms with E-state index in [0.717, 1.165) is 5.56 Å². The predicted molar refractivity (Wildman–Crippen MR) is 72.7 cm³/mol. The fourth-order valence-electron chi connectivity index (χ4n) is 2.10. The fraction of sp³-hybridized carbons (Fsp3) is 0.0667. The molecule has 100 valence electrons. The molecule has 3 aromatic rings. The third kappa shape index (κ3) is 2.08. The van der Waals surface area contributed by atoms with Crippen molar-refractivity contribution in [2.45, 2.75) is 6.61 Å². The standard InChI is InChI=1S/C15H12FN3O/c16-12-8-4-5-9-14(12)19-15(13(10-20)17-18-19)11-6-2-1-3-7-11/h1-9,20H,10H2. The molecule has 0 atom stereocenters. The van der Waals surface area contributed by atoms with E-state index in [2.05, 4.69) is 10.3 Å². The molecule has 0 aliphatic carbocycles. The monoisotopic (exact) mass is 269 g/mol. The first-order valence-electron chi connectivity index (χ1n) is 6.17. The summed E-state index contributed by atoms with van der Waals surface area (Å²) in [4.78, 5) is 0. The van der Waals surface area contributed by atoms with E-state index in [-0.39, 0.29) is 12.4 Å². The Morgan fingerprint density at radius 1 is 1.00 bits per heavy atom. The highest BCUT2D eigenvalue weighted by Gasteiger charge is 2.17. The van der Waals surface area contributed by atoms with Crippen LogP contribution in [0.1, 0.15) is 5.69 Å². The van der Waals surface area contributed by atoms with Gasteiger partial charge in [-0.3, -0.25) is 0 Å². The molecule has 0 saturated heterocycles. The van der Waals surface area contributed by atoms with Crippen LogP contribution in [0.15, 0.2) is 54.6 Å². The molecule has 1 aromatic heterocycles. The van der Waals surface area contributed by atoms with E-state index in [1.807, 2.05) is 30.3 Å². The summed E-state index contributed by atoms with van der Waals surface area (Å²) in [5, 5.41) is 17.3. The van der Waals surface area contributed by atoms with Gasteiger partial charge in [0.1, 0.15) is 22.9 Å². The van der Waals surface area contributed by atoms with Gasteiger partial charge in [0, 0.05) is 5.56 Å². The smallest absolute Gasteiger partial charge is 0.148 e. The molecule has 0 aliphatic rings. The van der Waals surface area contributed by atoms with Gasteiger partial charge in [-0.15, -0.1) is 5.10 Å². The molecule has 2 aromatic carbocycles. The maximum Gasteiger partial charge on any atom is 0.148 e. The number of aromatic nitrogens is 3. The molecule has 0 bridgehead atoms. The molecule has 0 fully saturated rings. The van der Waals surface area contributed by atoms with Gasteiger partial charge in [-0.2, -0.15) is 0 Å². The van der Waals surface area contributed by atoms with E-state index in [1.165, 1.54) is 10.7 Å². The summed E-state index contributed by atoms with van der Waals surface area (Å²) in [7, 11) is 0. The minimum absolute atomic E-state index is 0.251. The fourth-order valence-corrected chi connectivity index (χ4v) is 2.10. The van der Waals surface area contributed by atoms with Crippen molar-refractivity contribution in [3.63, 3.8) is 0 Å². The van der Waals surface area contributed by atoms with Gasteiger partial charge in [0.25, 0.3) is 0 Å². The number of halogens is 1. The molecule has 0 unspecified atom stereocenters. The molecular weight excluding hydrogens is 257 g/mol. The predicted octanol–water partition coefficient (Wildman–Crippen LogP) is 2.57. The molecule has 0 saturated carbocycles. The molecule has 5 heteroatoms. The van der Waals surface area contributed by atoms with E-state index in [9.17, 15) is 9.50 Å². The zero-order valence-corrected chi connectivity index (χ0v) is 10.6. The van der Waals surface area contributed by atoms with Crippen molar-refractivity contribution < 1.29 is 9.50 Å². The van der Waals surface area contributed by atoms with Crippen LogP contribution in [0, 0.1) is 5.82 Å². The topological polar surface area (TPSA) is 50.9 Å². The molecule has 20 heavy (non-hydrogen) atoms. The lowest BCUT2D eigenvalue weighted by molar-refractivity contribution is 0.277. The Morgan fingerprint density at radius 3 is 2.40 bits per heavy atom. The molecule has 4 nitrogen and oxygen atoms in total. The Morgan fingerprint density at radius 2 is 1.70 bits per heavy atom. The molecule has 0 aliphatic heterocycles. The van der Waals surface area contributed by atoms with Crippen LogP contribution >= 0.6 is 0 Å². The first-order valence-corrected chi connectivity index (χ1v) is 6.17. The van der Waals surface area contributed by atoms with Gasteiger partial charge in [-0.25, -0.2) is 9.07 Å². The second-order valence-corrected chi connectivity index (χ2v) is 4.27. The lowest BCUT2D eigenvalue weighted by atomic mass is 10.1. The van der Waals surface area contributed by atoms with Crippen LogP contribution < -0.4 is 0 Å². The van der Waals surface area contributed by atoms with E-state index >= 15 is 0 Å². The number of hydrogen-bond donors (Lipinski definition) is 1. The summed E-state index contributed by atoms with van der Waals surface area (Å²) < 4.78 is 15.3. The average Bonchev–Trinajstić information content (AvgIpc) is 2.92. The normalized spacial score (nSPS) is 10.7. The van der Waals surface area contributed by atoms with Crippen LogP contribution in [0.2, 0.25) is 0 Å². The van der Waals surface area contributed by atoms with E-state index in [1.54, 1.807) is 18.2 Å². The molecule has 0 spiro atoms. The average molecular weight is 269 g/mol. The zero-order valence-electron chi connectivity index (χ0n) is 10.6. The lowest BCUT2D eigenvalue weighted by Crippen LogP contribution is -2.02. The number of nitrogens with zero attached hydrogens (tertiary/aromatic N) is 3. The SMILES string of the molecule is OCc1nnn(-c2ccccc2F)c1-c1ccccc1. The lowest BCUT2D eigenvalue weighted by Gasteiger charge is -2.08. The minimum atomic E-state index is -0.390. The summed E-state index contributed by atoms with van der Waals surface area (Å²) in [5.41, 5.74) is 2.14. The summed E-state index contributed by atoms with van der Waals surface area (Å²) in [6.07, 6.45) is 0. The van der Waals surface area contributed by atoms with Crippen molar-refractivity contribution in [3.05, 3.63) is 66.1 Å². The summed E-state index contributed by atoms with van der Waals surface area (Å²) in [5.74, 6) is -0.390. The number of aliphatic hydroxyl groups excluding tert-OH is 1. The van der Waals surface area contributed by atoms with E-state index < -0.39 is 0 Å². The van der Waals surface area contributed by atoms with E-state index in [4.69, 9.17) is 0 Å². The second-order valence-electron chi connectivity index (χ2n) is 4.27. The van der Waals surface area contributed by atoms with Crippen molar-refractivity contribution in [1.29, 1.82) is 0 Å². The van der Waals surface area contributed by atoms with Crippen LogP contribution in [0.25, 0.3) is 16.9 Å². The Labute approximate surface area is 115 Å². The number of benzene rings is 2. The number of aliphatic hydroxyl groups is 1. The van der Waals surface area contributed by atoms with Crippen LogP contribution in [0.4, 0.5) is 4.39 Å². The van der Waals surface area contributed by atoms with Crippen molar-refractivity contribution in [2.75, 3.05) is 0 Å². The summed E-state index contributed by atoms with van der Waals surface area (Å²) in [6, 6.07) is 15.7. The Balaban J connectivity index is 2.24. The zero-order chi connectivity index (χ0) is 13.9. The Hall–Kier alpha value is -2.53. The van der Waals surface area contributed by atoms with E-state index in [0.29, 0.717) is 17.1 Å². The minimum Gasteiger partial charge on any atom is -0.390 e. The molecule has 3 rings (SSSR count). The second kappa shape index (κ2) is 5.22. The van der Waals surface area contributed by atoms with Crippen molar-refractivity contribution in [3.8, 4) is 16.9 Å². The largest absolute Gasteiger partial charge is 0.390 e. The highest BCUT2D eigenvalue weighted by atomic mass is 19.1. The summed E-state index contributed by atoms with van der Waals surface area (Å²) in [6.45, 7) is -0.251. The summed E-state index contributed by atoms with van der Waals surface area (Å²) >= 11 is 0. The highest BCUT2D eigenvalue weighted by molar-refractivity contribution is 5.64. The van der Waals surface area contributed by atoms with Gasteiger partial charge in [-0.1, -0.05) is 47.7 Å². The van der Waals surface area contributed by atoms with Crippen molar-refractivity contribution in [2.24, 2.45) is 0 Å². The van der Waals surface area contributed by atoms with Crippen LogP contribution in [0.3, 0.4) is 0 Å². The molecule has 0 radical (unpaired) electrons. The van der Waals surface area contributed by atoms with Crippen molar-refractivity contribution in [1.82, 2.24) is 15.0 Å². The molecular formula is C15H12FN3O. The molecule has 1 heterocycles. The first-order chi connectivity index (χ1) is 9.81. The van der Waals surface area contributed by atoms with Crippen molar-refractivity contribution >= 4 is 0 Å². The Kier molecular flexibility index (Phi) is 3.26. The van der Waals surface area contributed by atoms with Gasteiger partial charge >= 0.3 is 0 Å². The number of hydrogen-bond acceptors (Lipinski definition) is 3. The molecule has 0 amide bonds. The Bertz CT molecular complexity index is 725. The van der Waals surface area contributed by atoms with Gasteiger partial charge in [0.15, 0.2) is 0 Å². The number of para-hydroxylation sites is 1. The van der Waals surface area contributed by atoms with Gasteiger partial charge in [0.2, 0.25) is 0 Å². The number of rotatable bonds is 3. The maximum atomic E-state index is 13.9.